The molecule has 0 amide bonds. The molecule has 2 aromatic rings. The third-order valence-corrected chi connectivity index (χ3v) is 3.62. The van der Waals surface area contributed by atoms with Crippen molar-refractivity contribution >= 4 is 28.8 Å². The monoisotopic (exact) mass is 332 g/mol. The Morgan fingerprint density at radius 3 is 2.70 bits per heavy atom. The molecule has 0 aromatic heterocycles. The molecule has 0 atom stereocenters. The van der Waals surface area contributed by atoms with Crippen molar-refractivity contribution in [2.45, 2.75) is 5.75 Å². The summed E-state index contributed by atoms with van der Waals surface area (Å²) < 4.78 is 13.4. The molecule has 23 heavy (non-hydrogen) atoms. The highest BCUT2D eigenvalue weighted by Crippen LogP contribution is 2.17. The fourth-order valence-corrected chi connectivity index (χ4v) is 2.28. The first-order valence-corrected chi connectivity index (χ1v) is 7.52. The molecule has 0 aliphatic rings. The van der Waals surface area contributed by atoms with Crippen LogP contribution in [0.15, 0.2) is 58.7 Å². The van der Waals surface area contributed by atoms with Gasteiger partial charge < -0.3 is 5.73 Å². The molecular formula is C15H13FN4O2S. The smallest absolute Gasteiger partial charge is 0.304 e. The van der Waals surface area contributed by atoms with E-state index in [0.29, 0.717) is 11.3 Å². The molecule has 0 aliphatic carbocycles. The number of nitrogens with zero attached hydrogens (tertiary/aromatic N) is 3. The zero-order chi connectivity index (χ0) is 16.7. The molecule has 6 nitrogen and oxygen atoms in total. The number of nitro groups is 1. The van der Waals surface area contributed by atoms with Crippen LogP contribution < -0.4 is 5.73 Å². The third-order valence-electron chi connectivity index (χ3n) is 2.76. The molecule has 0 saturated carbocycles. The Labute approximate surface area is 136 Å². The molecule has 2 rings (SSSR count). The second kappa shape index (κ2) is 8.04. The third kappa shape index (κ3) is 5.19. The maximum absolute atomic E-state index is 13.4. The number of hydrogen-bond donors (Lipinski definition) is 1. The van der Waals surface area contributed by atoms with Crippen molar-refractivity contribution in [1.82, 2.24) is 0 Å². The minimum absolute atomic E-state index is 0.271. The van der Waals surface area contributed by atoms with E-state index < -0.39 is 16.4 Å². The Balaban J connectivity index is 1.94. The summed E-state index contributed by atoms with van der Waals surface area (Å²) in [5.41, 5.74) is 6.60. The van der Waals surface area contributed by atoms with Gasteiger partial charge in [-0.15, -0.1) is 5.10 Å². The fourth-order valence-electron chi connectivity index (χ4n) is 1.66. The number of thioether (sulfide) groups is 1. The SMILES string of the molecule is NC(=NN=Cc1ccc([N+](=O)[O-])c(F)c1)SCc1ccccc1. The van der Waals surface area contributed by atoms with Crippen molar-refractivity contribution in [2.75, 3.05) is 0 Å². The molecule has 0 fully saturated rings. The Kier molecular flexibility index (Phi) is 5.81. The zero-order valence-electron chi connectivity index (χ0n) is 11.9. The number of amidine groups is 1. The zero-order valence-corrected chi connectivity index (χ0v) is 12.7. The lowest BCUT2D eigenvalue weighted by molar-refractivity contribution is -0.387. The minimum atomic E-state index is -0.922. The van der Waals surface area contributed by atoms with Gasteiger partial charge in [0.15, 0.2) is 5.17 Å². The minimum Gasteiger partial charge on any atom is -0.377 e. The summed E-state index contributed by atoms with van der Waals surface area (Å²) in [6.07, 6.45) is 1.28. The predicted octanol–water partition coefficient (Wildman–Crippen LogP) is 3.32. The highest BCUT2D eigenvalue weighted by Gasteiger charge is 2.12. The van der Waals surface area contributed by atoms with Crippen LogP contribution in [0.5, 0.6) is 0 Å². The summed E-state index contributed by atoms with van der Waals surface area (Å²) in [6.45, 7) is 0. The maximum Gasteiger partial charge on any atom is 0.304 e. The van der Waals surface area contributed by atoms with Crippen molar-refractivity contribution < 1.29 is 9.31 Å². The van der Waals surface area contributed by atoms with Crippen LogP contribution in [0.2, 0.25) is 0 Å². The van der Waals surface area contributed by atoms with Gasteiger partial charge in [-0.1, -0.05) is 42.1 Å². The van der Waals surface area contributed by atoms with E-state index in [1.807, 2.05) is 30.3 Å². The van der Waals surface area contributed by atoms with Gasteiger partial charge in [-0.05, 0) is 23.3 Å². The van der Waals surface area contributed by atoms with Gasteiger partial charge >= 0.3 is 5.69 Å². The van der Waals surface area contributed by atoms with Gasteiger partial charge in [0.2, 0.25) is 5.82 Å². The van der Waals surface area contributed by atoms with Gasteiger partial charge in [-0.2, -0.15) is 9.49 Å². The second-order valence-electron chi connectivity index (χ2n) is 4.43. The van der Waals surface area contributed by atoms with Crippen LogP contribution in [-0.4, -0.2) is 16.3 Å². The lowest BCUT2D eigenvalue weighted by Crippen LogP contribution is -2.06. The first-order valence-electron chi connectivity index (χ1n) is 6.53. The molecule has 0 heterocycles. The Bertz CT molecular complexity index is 750. The second-order valence-corrected chi connectivity index (χ2v) is 5.42. The van der Waals surface area contributed by atoms with Crippen molar-refractivity contribution in [3.8, 4) is 0 Å². The standard InChI is InChI=1S/C15H13FN4O2S/c16-13-8-12(6-7-14(13)20(21)22)9-18-19-15(17)23-10-11-4-2-1-3-5-11/h1-9H,10H2,(H2,17,19). The van der Waals surface area contributed by atoms with E-state index in [2.05, 4.69) is 10.2 Å². The summed E-state index contributed by atoms with van der Waals surface area (Å²) in [6, 6.07) is 13.2. The summed E-state index contributed by atoms with van der Waals surface area (Å²) in [4.78, 5) is 9.73. The molecule has 8 heteroatoms. The highest BCUT2D eigenvalue weighted by molar-refractivity contribution is 8.13. The van der Waals surface area contributed by atoms with Gasteiger partial charge in [0.1, 0.15) is 0 Å². The molecule has 0 radical (unpaired) electrons. The number of rotatable bonds is 5. The largest absolute Gasteiger partial charge is 0.377 e. The molecule has 0 aliphatic heterocycles. The normalized spacial score (nSPS) is 11.8. The predicted molar refractivity (Wildman–Crippen MR) is 90.0 cm³/mol. The maximum atomic E-state index is 13.4. The van der Waals surface area contributed by atoms with E-state index in [1.54, 1.807) is 0 Å². The molecule has 2 aromatic carbocycles. The van der Waals surface area contributed by atoms with Crippen molar-refractivity contribution in [3.05, 3.63) is 75.6 Å². The van der Waals surface area contributed by atoms with E-state index in [1.165, 1.54) is 24.0 Å². The average molecular weight is 332 g/mol. The van der Waals surface area contributed by atoms with Crippen LogP contribution in [-0.2, 0) is 5.75 Å². The summed E-state index contributed by atoms with van der Waals surface area (Å²) in [5.74, 6) is -0.257. The van der Waals surface area contributed by atoms with Crippen molar-refractivity contribution in [1.29, 1.82) is 0 Å². The molecule has 118 valence electrons. The van der Waals surface area contributed by atoms with Gasteiger partial charge in [0.05, 0.1) is 11.1 Å². The highest BCUT2D eigenvalue weighted by atomic mass is 32.2. The van der Waals surface area contributed by atoms with E-state index in [-0.39, 0.29) is 5.17 Å². The summed E-state index contributed by atoms with van der Waals surface area (Å²) >= 11 is 1.32. The van der Waals surface area contributed by atoms with Crippen molar-refractivity contribution in [3.63, 3.8) is 0 Å². The molecule has 0 spiro atoms. The number of nitrogens with two attached hydrogens (primary N) is 1. The van der Waals surface area contributed by atoms with Crippen molar-refractivity contribution in [2.24, 2.45) is 15.9 Å². The quantitative estimate of drug-likeness (QED) is 0.393. The Morgan fingerprint density at radius 1 is 1.30 bits per heavy atom. The summed E-state index contributed by atoms with van der Waals surface area (Å²) in [7, 11) is 0. The Morgan fingerprint density at radius 2 is 2.04 bits per heavy atom. The lowest BCUT2D eigenvalue weighted by Gasteiger charge is -1.99. The molecular weight excluding hydrogens is 319 g/mol. The lowest BCUT2D eigenvalue weighted by atomic mass is 10.2. The van der Waals surface area contributed by atoms with E-state index >= 15 is 0 Å². The van der Waals surface area contributed by atoms with Crippen LogP contribution in [0.3, 0.4) is 0 Å². The van der Waals surface area contributed by atoms with E-state index in [4.69, 9.17) is 5.73 Å². The first-order chi connectivity index (χ1) is 11.1. The number of nitro benzene ring substituents is 1. The summed E-state index contributed by atoms with van der Waals surface area (Å²) in [5, 5.41) is 18.3. The number of hydrogen-bond acceptors (Lipinski definition) is 5. The Hall–Kier alpha value is -2.74. The fraction of sp³-hybridized carbons (Fsp3) is 0.0667. The van der Waals surface area contributed by atoms with Crippen LogP contribution in [0.25, 0.3) is 0 Å². The van der Waals surface area contributed by atoms with E-state index in [9.17, 15) is 14.5 Å². The molecule has 2 N–H and O–H groups in total. The average Bonchev–Trinajstić information content (AvgIpc) is 2.53. The number of benzene rings is 2. The molecule has 0 saturated heterocycles. The van der Waals surface area contributed by atoms with Gasteiger partial charge in [0, 0.05) is 11.8 Å². The van der Waals surface area contributed by atoms with Gasteiger partial charge in [0.25, 0.3) is 0 Å². The van der Waals surface area contributed by atoms with Gasteiger partial charge in [-0.25, -0.2) is 0 Å². The number of halogens is 1. The van der Waals surface area contributed by atoms with Crippen LogP contribution >= 0.6 is 11.8 Å². The van der Waals surface area contributed by atoms with E-state index in [0.717, 1.165) is 17.7 Å². The molecule has 0 bridgehead atoms. The van der Waals surface area contributed by atoms with Crippen LogP contribution in [0, 0.1) is 15.9 Å². The van der Waals surface area contributed by atoms with Crippen LogP contribution in [0.1, 0.15) is 11.1 Å². The topological polar surface area (TPSA) is 93.9 Å². The molecule has 0 unspecified atom stereocenters. The first kappa shape index (κ1) is 16.6. The van der Waals surface area contributed by atoms with Crippen LogP contribution in [0.4, 0.5) is 10.1 Å². The van der Waals surface area contributed by atoms with Gasteiger partial charge in [-0.3, -0.25) is 10.1 Å².